The quantitative estimate of drug-likeness (QED) is 0.366. The first-order chi connectivity index (χ1) is 16.6. The van der Waals surface area contributed by atoms with Gasteiger partial charge in [0.15, 0.2) is 0 Å². The number of nitrogens with one attached hydrogen (secondary N) is 1. The molecule has 180 valence electrons. The third kappa shape index (κ3) is 5.79. The molecule has 1 amide bonds. The maximum Gasteiger partial charge on any atom is 0.416 e. The highest BCUT2D eigenvalue weighted by Gasteiger charge is 2.30. The van der Waals surface area contributed by atoms with Crippen LogP contribution in [-0.2, 0) is 12.7 Å². The molecule has 0 aliphatic heterocycles. The molecule has 0 bridgehead atoms. The molecule has 4 aromatic rings. The number of aliphatic hydroxyl groups excluding tert-OH is 1. The van der Waals surface area contributed by atoms with Crippen molar-refractivity contribution in [2.24, 2.45) is 5.73 Å². The maximum absolute atomic E-state index is 13.0. The lowest BCUT2D eigenvalue weighted by atomic mass is 10.1. The summed E-state index contributed by atoms with van der Waals surface area (Å²) < 4.78 is 40.4. The summed E-state index contributed by atoms with van der Waals surface area (Å²) in [5.74, 6) is -0.274. The molecule has 12 heteroatoms. The third-order valence-corrected chi connectivity index (χ3v) is 5.05. The topological polar surface area (TPSA) is 132 Å². The minimum Gasteiger partial charge on any atom is -0.386 e. The van der Waals surface area contributed by atoms with Crippen molar-refractivity contribution in [3.63, 3.8) is 0 Å². The van der Waals surface area contributed by atoms with E-state index in [1.807, 2.05) is 0 Å². The van der Waals surface area contributed by atoms with Gasteiger partial charge in [-0.1, -0.05) is 17.3 Å². The summed E-state index contributed by atoms with van der Waals surface area (Å²) in [5, 5.41) is 21.4. The highest BCUT2D eigenvalue weighted by Crippen LogP contribution is 2.30. The van der Waals surface area contributed by atoms with Crippen molar-refractivity contribution >= 4 is 17.5 Å². The molecule has 0 aliphatic rings. The van der Waals surface area contributed by atoms with E-state index in [1.54, 1.807) is 37.4 Å². The van der Waals surface area contributed by atoms with Crippen molar-refractivity contribution in [1.29, 1.82) is 0 Å². The van der Waals surface area contributed by atoms with Crippen LogP contribution in [0.25, 0.3) is 11.4 Å². The Kier molecular flexibility index (Phi) is 6.47. The largest absolute Gasteiger partial charge is 0.416 e. The van der Waals surface area contributed by atoms with Crippen LogP contribution < -0.4 is 11.1 Å². The Labute approximate surface area is 197 Å². The van der Waals surface area contributed by atoms with Gasteiger partial charge >= 0.3 is 6.18 Å². The number of primary amides is 1. The van der Waals surface area contributed by atoms with Gasteiger partial charge in [0, 0.05) is 11.8 Å². The smallest absolute Gasteiger partial charge is 0.386 e. The molecule has 4 N–H and O–H groups in total. The molecule has 0 saturated heterocycles. The number of rotatable bonds is 7. The zero-order valence-electron chi connectivity index (χ0n) is 18.4. The molecule has 0 saturated carbocycles. The van der Waals surface area contributed by atoms with Gasteiger partial charge in [0.05, 0.1) is 30.1 Å². The van der Waals surface area contributed by atoms with E-state index in [2.05, 4.69) is 25.6 Å². The van der Waals surface area contributed by atoms with Gasteiger partial charge in [0.25, 0.3) is 0 Å². The first kappa shape index (κ1) is 23.8. The number of alkyl halides is 3. The number of aryl methyl sites for hydroxylation is 1. The van der Waals surface area contributed by atoms with E-state index in [0.717, 1.165) is 23.9 Å². The molecule has 1 aromatic carbocycles. The number of benzene rings is 1. The summed E-state index contributed by atoms with van der Waals surface area (Å²) >= 11 is 0. The average Bonchev–Trinajstić information content (AvgIpc) is 3.27. The molecule has 0 fully saturated rings. The summed E-state index contributed by atoms with van der Waals surface area (Å²) in [6, 6.07) is 11.5. The van der Waals surface area contributed by atoms with Crippen LogP contribution in [0.2, 0.25) is 0 Å². The first-order valence-electron chi connectivity index (χ1n) is 10.4. The number of aliphatic hydroxyl groups is 1. The van der Waals surface area contributed by atoms with Crippen LogP contribution in [0.1, 0.15) is 33.2 Å². The Balaban J connectivity index is 1.50. The number of hydrogen-bond donors (Lipinski definition) is 3. The maximum atomic E-state index is 13.0. The van der Waals surface area contributed by atoms with E-state index in [1.165, 1.54) is 16.8 Å². The van der Waals surface area contributed by atoms with Gasteiger partial charge in [-0.05, 0) is 54.4 Å². The predicted octanol–water partition coefficient (Wildman–Crippen LogP) is 3.64. The van der Waals surface area contributed by atoms with Crippen LogP contribution in [0.4, 0.5) is 24.8 Å². The monoisotopic (exact) mass is 483 g/mol. The standard InChI is InChI=1S/C23H20F3N7O2/c1-13-8-17(29-21(9-13)30-20-10-16(6-7-28-20)23(24,25)26)18-11-33(32-31-18)12-19(34)14-2-4-15(5-3-14)22(27)35/h2-11,19,34H,12H2,1H3,(H2,27,35)(H,28,29,30). The summed E-state index contributed by atoms with van der Waals surface area (Å²) in [5.41, 5.74) is 6.93. The van der Waals surface area contributed by atoms with Crippen LogP contribution in [0.15, 0.2) is 60.9 Å². The summed E-state index contributed by atoms with van der Waals surface area (Å²) in [6.07, 6.45) is -2.74. The lowest BCUT2D eigenvalue weighted by molar-refractivity contribution is -0.137. The molecule has 0 aliphatic carbocycles. The SMILES string of the molecule is Cc1cc(Nc2cc(C(F)(F)F)ccn2)nc(-c2cn(CC(O)c3ccc(C(N)=O)cc3)nn2)c1. The minimum absolute atomic E-state index is 0.00185. The normalized spacial score (nSPS) is 12.4. The van der Waals surface area contributed by atoms with Gasteiger partial charge in [-0.25, -0.2) is 14.6 Å². The number of carbonyl (C=O) groups is 1. The molecule has 1 atom stereocenters. The Morgan fingerprint density at radius 3 is 2.54 bits per heavy atom. The van der Waals surface area contributed by atoms with E-state index >= 15 is 0 Å². The molecule has 0 radical (unpaired) electrons. The number of amides is 1. The van der Waals surface area contributed by atoms with Gasteiger partial charge < -0.3 is 16.2 Å². The molecule has 0 spiro atoms. The molecule has 1 unspecified atom stereocenters. The van der Waals surface area contributed by atoms with Gasteiger partial charge in [0.1, 0.15) is 17.3 Å². The predicted molar refractivity (Wildman–Crippen MR) is 120 cm³/mol. The molecule has 35 heavy (non-hydrogen) atoms. The molecule has 3 aromatic heterocycles. The molecule has 3 heterocycles. The van der Waals surface area contributed by atoms with Crippen LogP contribution >= 0.6 is 0 Å². The highest BCUT2D eigenvalue weighted by molar-refractivity contribution is 5.92. The lowest BCUT2D eigenvalue weighted by Crippen LogP contribution is -2.12. The first-order valence-corrected chi connectivity index (χ1v) is 10.4. The zero-order chi connectivity index (χ0) is 25.2. The van der Waals surface area contributed by atoms with Crippen molar-refractivity contribution in [3.8, 4) is 11.4 Å². The van der Waals surface area contributed by atoms with Crippen LogP contribution in [0.5, 0.6) is 0 Å². The lowest BCUT2D eigenvalue weighted by Gasteiger charge is -2.11. The number of hydrogen-bond acceptors (Lipinski definition) is 7. The van der Waals surface area contributed by atoms with Crippen molar-refractivity contribution in [1.82, 2.24) is 25.0 Å². The number of halogens is 3. The second kappa shape index (κ2) is 9.50. The summed E-state index contributed by atoms with van der Waals surface area (Å²) in [7, 11) is 0. The number of carbonyl (C=O) groups excluding carboxylic acids is 1. The number of pyridine rings is 2. The van der Waals surface area contributed by atoms with Crippen molar-refractivity contribution in [2.75, 3.05) is 5.32 Å². The molecule has 9 nitrogen and oxygen atoms in total. The molecular formula is C23H20F3N7O2. The van der Waals surface area contributed by atoms with E-state index in [-0.39, 0.29) is 18.2 Å². The zero-order valence-corrected chi connectivity index (χ0v) is 18.4. The fourth-order valence-corrected chi connectivity index (χ4v) is 3.33. The van der Waals surface area contributed by atoms with Crippen LogP contribution in [-0.4, -0.2) is 36.0 Å². The second-order valence-corrected chi connectivity index (χ2v) is 7.80. The Hall–Kier alpha value is -4.32. The van der Waals surface area contributed by atoms with E-state index in [4.69, 9.17) is 5.73 Å². The van der Waals surface area contributed by atoms with Gasteiger partial charge in [-0.2, -0.15) is 13.2 Å². The number of nitrogens with two attached hydrogens (primary N) is 1. The van der Waals surface area contributed by atoms with Crippen LogP contribution in [0, 0.1) is 6.92 Å². The molecular weight excluding hydrogens is 463 g/mol. The summed E-state index contributed by atoms with van der Waals surface area (Å²) in [6.45, 7) is 1.90. The minimum atomic E-state index is -4.49. The fraction of sp³-hybridized carbons (Fsp3) is 0.174. The van der Waals surface area contributed by atoms with E-state index in [9.17, 15) is 23.1 Å². The van der Waals surface area contributed by atoms with E-state index < -0.39 is 23.8 Å². The van der Waals surface area contributed by atoms with Gasteiger partial charge in [0.2, 0.25) is 5.91 Å². The van der Waals surface area contributed by atoms with Crippen molar-refractivity contribution in [3.05, 3.63) is 83.2 Å². The Morgan fingerprint density at radius 2 is 1.86 bits per heavy atom. The van der Waals surface area contributed by atoms with Crippen molar-refractivity contribution in [2.45, 2.75) is 25.7 Å². The Bertz CT molecular complexity index is 1350. The third-order valence-electron chi connectivity index (χ3n) is 5.05. The number of aromatic nitrogens is 5. The number of nitrogens with zero attached hydrogens (tertiary/aromatic N) is 5. The molecule has 4 rings (SSSR count). The van der Waals surface area contributed by atoms with Crippen molar-refractivity contribution < 1.29 is 23.1 Å². The Morgan fingerprint density at radius 1 is 1.11 bits per heavy atom. The average molecular weight is 483 g/mol. The number of anilines is 2. The second-order valence-electron chi connectivity index (χ2n) is 7.80. The van der Waals surface area contributed by atoms with Crippen LogP contribution in [0.3, 0.4) is 0 Å². The van der Waals surface area contributed by atoms with E-state index in [0.29, 0.717) is 22.5 Å². The van der Waals surface area contributed by atoms with Gasteiger partial charge in [-0.15, -0.1) is 5.10 Å². The fourth-order valence-electron chi connectivity index (χ4n) is 3.33. The highest BCUT2D eigenvalue weighted by atomic mass is 19.4. The van der Waals surface area contributed by atoms with Gasteiger partial charge in [-0.3, -0.25) is 4.79 Å². The summed E-state index contributed by atoms with van der Waals surface area (Å²) in [4.78, 5) is 19.5.